The number of nitrogens with two attached hydrogens (primary N) is 1. The molecule has 1 saturated heterocycles. The fraction of sp³-hybridized carbons (Fsp3) is 0.444. The molecule has 8 nitrogen and oxygen atoms in total. The Hall–Kier alpha value is -2.90. The zero-order valence-electron chi connectivity index (χ0n) is 15.2. The molecule has 2 aromatic rings. The molecular weight excluding hydrogens is 334 g/mol. The van der Waals surface area contributed by atoms with Gasteiger partial charge >= 0.3 is 6.09 Å². The highest BCUT2D eigenvalue weighted by Crippen LogP contribution is 2.21. The summed E-state index contributed by atoms with van der Waals surface area (Å²) in [7, 11) is 0. The molecule has 26 heavy (non-hydrogen) atoms. The summed E-state index contributed by atoms with van der Waals surface area (Å²) in [5.41, 5.74) is 6.92. The zero-order valence-corrected chi connectivity index (χ0v) is 15.2. The van der Waals surface area contributed by atoms with Gasteiger partial charge < -0.3 is 20.7 Å². The molecule has 8 heteroatoms. The summed E-state index contributed by atoms with van der Waals surface area (Å²) < 4.78 is 5.21. The van der Waals surface area contributed by atoms with Crippen molar-refractivity contribution >= 4 is 28.7 Å². The lowest BCUT2D eigenvalue weighted by molar-refractivity contribution is -0.129. The van der Waals surface area contributed by atoms with Crippen molar-refractivity contribution in [2.75, 3.05) is 12.3 Å². The second-order valence-electron chi connectivity index (χ2n) is 7.36. The van der Waals surface area contributed by atoms with Gasteiger partial charge in [-0.15, -0.1) is 0 Å². The van der Waals surface area contributed by atoms with Gasteiger partial charge in [-0.25, -0.2) is 14.8 Å². The first kappa shape index (κ1) is 17.9. The lowest BCUT2D eigenvalue weighted by Crippen LogP contribution is -2.43. The van der Waals surface area contributed by atoms with Gasteiger partial charge in [-0.2, -0.15) is 0 Å². The molecule has 3 N–H and O–H groups in total. The standard InChI is InChI=1S/C18H23N5O3/c1-18(2,3)26-17(25)22-13-6-7-23(16(13)24)9-11-4-5-12-14(8-11)20-10-21-15(12)19/h4-5,8,10,13H,6-7,9H2,1-3H3,(H,22,25)(H2,19,20,21)/t13-/m1/s1. The van der Waals surface area contributed by atoms with Crippen LogP contribution in [0.5, 0.6) is 0 Å². The van der Waals surface area contributed by atoms with Crippen LogP contribution >= 0.6 is 0 Å². The number of carbonyl (C=O) groups is 2. The summed E-state index contributed by atoms with van der Waals surface area (Å²) in [6.07, 6.45) is 1.40. The fourth-order valence-electron chi connectivity index (χ4n) is 2.92. The van der Waals surface area contributed by atoms with Crippen LogP contribution in [0.15, 0.2) is 24.5 Å². The Morgan fingerprint density at radius 3 is 2.88 bits per heavy atom. The number of hydrogen-bond donors (Lipinski definition) is 2. The minimum atomic E-state index is -0.597. The minimum Gasteiger partial charge on any atom is -0.444 e. The molecule has 3 rings (SSSR count). The molecule has 1 aliphatic rings. The van der Waals surface area contributed by atoms with Gasteiger partial charge in [0.1, 0.15) is 23.8 Å². The van der Waals surface area contributed by atoms with E-state index < -0.39 is 17.7 Å². The van der Waals surface area contributed by atoms with Gasteiger partial charge in [0.25, 0.3) is 0 Å². The summed E-state index contributed by atoms with van der Waals surface area (Å²) in [5, 5.41) is 3.43. The predicted octanol–water partition coefficient (Wildman–Crippen LogP) is 1.84. The topological polar surface area (TPSA) is 110 Å². The van der Waals surface area contributed by atoms with Crippen molar-refractivity contribution < 1.29 is 14.3 Å². The molecule has 0 aliphatic carbocycles. The van der Waals surface area contributed by atoms with E-state index >= 15 is 0 Å². The molecule has 1 aliphatic heterocycles. The number of benzene rings is 1. The van der Waals surface area contributed by atoms with Gasteiger partial charge in [-0.05, 0) is 44.9 Å². The van der Waals surface area contributed by atoms with Crippen LogP contribution in [-0.2, 0) is 16.1 Å². The number of likely N-dealkylation sites (tertiary alicyclic amines) is 1. The number of rotatable bonds is 3. The number of amides is 2. The number of fused-ring (bicyclic) bond motifs is 1. The van der Waals surface area contributed by atoms with Gasteiger partial charge in [-0.1, -0.05) is 6.07 Å². The van der Waals surface area contributed by atoms with Crippen molar-refractivity contribution in [1.29, 1.82) is 0 Å². The highest BCUT2D eigenvalue weighted by atomic mass is 16.6. The Morgan fingerprint density at radius 1 is 1.38 bits per heavy atom. The number of nitrogens with one attached hydrogen (secondary N) is 1. The lowest BCUT2D eigenvalue weighted by atomic mass is 10.1. The molecule has 0 spiro atoms. The Kier molecular flexibility index (Phi) is 4.67. The normalized spacial score (nSPS) is 17.6. The second kappa shape index (κ2) is 6.78. The first-order valence-corrected chi connectivity index (χ1v) is 8.50. The van der Waals surface area contributed by atoms with Gasteiger partial charge in [0.15, 0.2) is 0 Å². The van der Waals surface area contributed by atoms with E-state index in [4.69, 9.17) is 10.5 Å². The van der Waals surface area contributed by atoms with Crippen molar-refractivity contribution in [1.82, 2.24) is 20.2 Å². The third-order valence-corrected chi connectivity index (χ3v) is 4.09. The van der Waals surface area contributed by atoms with Crippen LogP contribution in [0.4, 0.5) is 10.6 Å². The SMILES string of the molecule is CC(C)(C)OC(=O)N[C@@H]1CCN(Cc2ccc3c(N)ncnc3c2)C1=O. The van der Waals surface area contributed by atoms with Crippen LogP contribution in [-0.4, -0.2) is 45.1 Å². The third-order valence-electron chi connectivity index (χ3n) is 4.09. The molecule has 0 saturated carbocycles. The van der Waals surface area contributed by atoms with Crippen molar-refractivity contribution in [3.8, 4) is 0 Å². The van der Waals surface area contributed by atoms with E-state index in [0.29, 0.717) is 25.3 Å². The highest BCUT2D eigenvalue weighted by molar-refractivity contribution is 5.89. The van der Waals surface area contributed by atoms with Crippen LogP contribution < -0.4 is 11.1 Å². The molecule has 1 aromatic heterocycles. The molecule has 2 heterocycles. The Balaban J connectivity index is 1.65. The monoisotopic (exact) mass is 357 g/mol. The summed E-state index contributed by atoms with van der Waals surface area (Å²) in [6.45, 7) is 6.37. The van der Waals surface area contributed by atoms with E-state index in [9.17, 15) is 9.59 Å². The van der Waals surface area contributed by atoms with Crippen LogP contribution in [0, 0.1) is 0 Å². The number of alkyl carbamates (subject to hydrolysis) is 1. The molecule has 1 aromatic carbocycles. The molecule has 0 radical (unpaired) electrons. The van der Waals surface area contributed by atoms with Crippen LogP contribution in [0.25, 0.3) is 10.9 Å². The molecule has 1 fully saturated rings. The van der Waals surface area contributed by atoms with Crippen molar-refractivity contribution in [3.63, 3.8) is 0 Å². The van der Waals surface area contributed by atoms with Gasteiger partial charge in [0.05, 0.1) is 5.52 Å². The summed E-state index contributed by atoms with van der Waals surface area (Å²) in [6, 6.07) is 5.11. The maximum Gasteiger partial charge on any atom is 0.408 e. The summed E-state index contributed by atoms with van der Waals surface area (Å²) >= 11 is 0. The third kappa shape index (κ3) is 4.01. The number of anilines is 1. The van der Waals surface area contributed by atoms with Crippen molar-refractivity contribution in [2.45, 2.75) is 45.4 Å². The maximum absolute atomic E-state index is 12.5. The Labute approximate surface area is 151 Å². The number of hydrogen-bond acceptors (Lipinski definition) is 6. The van der Waals surface area contributed by atoms with Crippen molar-refractivity contribution in [2.24, 2.45) is 0 Å². The van der Waals surface area contributed by atoms with E-state index in [-0.39, 0.29) is 5.91 Å². The Morgan fingerprint density at radius 2 is 2.15 bits per heavy atom. The molecule has 2 amide bonds. The van der Waals surface area contributed by atoms with Crippen molar-refractivity contribution in [3.05, 3.63) is 30.1 Å². The molecular formula is C18H23N5O3. The van der Waals surface area contributed by atoms with Crippen LogP contribution in [0.1, 0.15) is 32.8 Å². The smallest absolute Gasteiger partial charge is 0.408 e. The average molecular weight is 357 g/mol. The Bertz CT molecular complexity index is 846. The van der Waals surface area contributed by atoms with E-state index in [1.807, 2.05) is 18.2 Å². The molecule has 1 atom stereocenters. The predicted molar refractivity (Wildman–Crippen MR) is 97.1 cm³/mol. The quantitative estimate of drug-likeness (QED) is 0.867. The average Bonchev–Trinajstić information content (AvgIpc) is 2.86. The number of nitrogen functional groups attached to an aromatic ring is 1. The fourth-order valence-corrected chi connectivity index (χ4v) is 2.92. The number of nitrogens with zero attached hydrogens (tertiary/aromatic N) is 3. The molecule has 138 valence electrons. The van der Waals surface area contributed by atoms with Crippen LogP contribution in [0.3, 0.4) is 0 Å². The molecule has 0 unspecified atom stereocenters. The highest BCUT2D eigenvalue weighted by Gasteiger charge is 2.33. The maximum atomic E-state index is 12.5. The lowest BCUT2D eigenvalue weighted by Gasteiger charge is -2.21. The second-order valence-corrected chi connectivity index (χ2v) is 7.36. The van der Waals surface area contributed by atoms with Gasteiger partial charge in [0.2, 0.25) is 5.91 Å². The first-order chi connectivity index (χ1) is 12.2. The number of aromatic nitrogens is 2. The van der Waals surface area contributed by atoms with Crippen LogP contribution in [0.2, 0.25) is 0 Å². The van der Waals surface area contributed by atoms with E-state index in [1.54, 1.807) is 25.7 Å². The molecule has 0 bridgehead atoms. The largest absolute Gasteiger partial charge is 0.444 e. The van der Waals surface area contributed by atoms with Gasteiger partial charge in [0, 0.05) is 18.5 Å². The van der Waals surface area contributed by atoms with E-state index in [0.717, 1.165) is 16.5 Å². The van der Waals surface area contributed by atoms with E-state index in [1.165, 1.54) is 6.33 Å². The summed E-state index contributed by atoms with van der Waals surface area (Å²) in [4.78, 5) is 34.3. The zero-order chi connectivity index (χ0) is 18.9. The summed E-state index contributed by atoms with van der Waals surface area (Å²) in [5.74, 6) is 0.318. The minimum absolute atomic E-state index is 0.113. The first-order valence-electron chi connectivity index (χ1n) is 8.50. The van der Waals surface area contributed by atoms with E-state index in [2.05, 4.69) is 15.3 Å². The van der Waals surface area contributed by atoms with Gasteiger partial charge in [-0.3, -0.25) is 4.79 Å². The number of ether oxygens (including phenoxy) is 1. The number of carbonyl (C=O) groups excluding carboxylic acids is 2.